The van der Waals surface area contributed by atoms with Gasteiger partial charge in [0, 0.05) is 6.54 Å². The minimum atomic E-state index is -0.734. The van der Waals surface area contributed by atoms with Crippen molar-refractivity contribution >= 4 is 11.6 Å². The van der Waals surface area contributed by atoms with Crippen LogP contribution in [0.2, 0.25) is 0 Å². The van der Waals surface area contributed by atoms with Gasteiger partial charge in [0.2, 0.25) is 5.91 Å². The maximum absolute atomic E-state index is 14.0. The van der Waals surface area contributed by atoms with Gasteiger partial charge in [-0.15, -0.1) is 0 Å². The molecule has 0 spiro atoms. The summed E-state index contributed by atoms with van der Waals surface area (Å²) in [6.07, 6.45) is 3.20. The Morgan fingerprint density at radius 2 is 2.19 bits per heavy atom. The largest absolute Gasteiger partial charge is 0.321 e. The van der Waals surface area contributed by atoms with Crippen LogP contribution in [0.25, 0.3) is 0 Å². The molecule has 2 rings (SSSR count). The Kier molecular flexibility index (Phi) is 4.93. The fourth-order valence-corrected chi connectivity index (χ4v) is 2.98. The second-order valence-electron chi connectivity index (χ2n) is 5.82. The molecule has 3 nitrogen and oxygen atoms in total. The van der Waals surface area contributed by atoms with Gasteiger partial charge in [-0.05, 0) is 44.4 Å². The van der Waals surface area contributed by atoms with Gasteiger partial charge in [0.05, 0.1) is 5.41 Å². The number of aryl methyl sites for hydroxylation is 1. The van der Waals surface area contributed by atoms with E-state index in [-0.39, 0.29) is 11.6 Å². The average Bonchev–Trinajstić information content (AvgIpc) is 2.48. The molecule has 0 saturated carbocycles. The van der Waals surface area contributed by atoms with Crippen molar-refractivity contribution in [1.82, 2.24) is 5.32 Å². The Bertz CT molecular complexity index is 520. The zero-order chi connectivity index (χ0) is 15.5. The summed E-state index contributed by atoms with van der Waals surface area (Å²) in [5.41, 5.74) is -0.589. The van der Waals surface area contributed by atoms with Crippen LogP contribution < -0.4 is 10.6 Å². The fourth-order valence-electron chi connectivity index (χ4n) is 2.98. The monoisotopic (exact) mass is 296 g/mol. The molecule has 1 fully saturated rings. The molecule has 1 aliphatic rings. The molecule has 116 valence electrons. The summed E-state index contributed by atoms with van der Waals surface area (Å²) in [6.45, 7) is 5.00. The molecule has 1 atom stereocenters. The number of piperidine rings is 1. The van der Waals surface area contributed by atoms with Crippen LogP contribution in [0.1, 0.15) is 38.2 Å². The number of rotatable bonds is 4. The van der Waals surface area contributed by atoms with Crippen molar-refractivity contribution in [2.75, 3.05) is 18.4 Å². The van der Waals surface area contributed by atoms with E-state index in [0.29, 0.717) is 18.5 Å². The van der Waals surface area contributed by atoms with Crippen LogP contribution in [0.15, 0.2) is 12.1 Å². The highest BCUT2D eigenvalue weighted by Crippen LogP contribution is 2.34. The summed E-state index contributed by atoms with van der Waals surface area (Å²) < 4.78 is 27.8. The topological polar surface area (TPSA) is 41.1 Å². The van der Waals surface area contributed by atoms with Crippen LogP contribution in [0.3, 0.4) is 0 Å². The SMILES string of the molecule is CCCC1(C(=O)Nc2c(F)ccc(C)c2F)CCCNC1. The number of hydrogen-bond acceptors (Lipinski definition) is 2. The van der Waals surface area contributed by atoms with E-state index < -0.39 is 17.0 Å². The third-order valence-corrected chi connectivity index (χ3v) is 4.21. The maximum atomic E-state index is 14.0. The van der Waals surface area contributed by atoms with E-state index in [4.69, 9.17) is 0 Å². The van der Waals surface area contributed by atoms with Crippen LogP contribution in [0, 0.1) is 24.0 Å². The van der Waals surface area contributed by atoms with Crippen molar-refractivity contribution in [3.63, 3.8) is 0 Å². The van der Waals surface area contributed by atoms with Crippen molar-refractivity contribution < 1.29 is 13.6 Å². The number of halogens is 2. The van der Waals surface area contributed by atoms with Crippen molar-refractivity contribution in [3.05, 3.63) is 29.3 Å². The standard InChI is InChI=1S/C16H22F2N2O/c1-3-7-16(8-4-9-19-10-16)15(21)20-14-12(17)6-5-11(2)13(14)18/h5-6,19H,3-4,7-10H2,1-2H3,(H,20,21). The van der Waals surface area contributed by atoms with E-state index in [1.54, 1.807) is 6.92 Å². The highest BCUT2D eigenvalue weighted by Gasteiger charge is 2.39. The molecule has 21 heavy (non-hydrogen) atoms. The number of amides is 1. The number of carbonyl (C=O) groups is 1. The maximum Gasteiger partial charge on any atom is 0.232 e. The molecule has 1 aliphatic heterocycles. The van der Waals surface area contributed by atoms with Crippen molar-refractivity contribution in [1.29, 1.82) is 0 Å². The summed E-state index contributed by atoms with van der Waals surface area (Å²) in [6, 6.07) is 2.55. The number of hydrogen-bond donors (Lipinski definition) is 2. The molecule has 2 N–H and O–H groups in total. The van der Waals surface area contributed by atoms with E-state index in [9.17, 15) is 13.6 Å². The molecule has 0 bridgehead atoms. The molecule has 1 heterocycles. The lowest BCUT2D eigenvalue weighted by Gasteiger charge is -2.36. The minimum absolute atomic E-state index is 0.292. The Balaban J connectivity index is 2.25. The zero-order valence-electron chi connectivity index (χ0n) is 12.6. The Hall–Kier alpha value is -1.49. The zero-order valence-corrected chi connectivity index (χ0v) is 12.6. The third-order valence-electron chi connectivity index (χ3n) is 4.21. The smallest absolute Gasteiger partial charge is 0.232 e. The van der Waals surface area contributed by atoms with Gasteiger partial charge in [0.1, 0.15) is 11.5 Å². The molecule has 0 aromatic heterocycles. The third kappa shape index (κ3) is 3.23. The molecule has 0 radical (unpaired) electrons. The molecular formula is C16H22F2N2O. The highest BCUT2D eigenvalue weighted by molar-refractivity contribution is 5.96. The van der Waals surface area contributed by atoms with Gasteiger partial charge < -0.3 is 10.6 Å². The quantitative estimate of drug-likeness (QED) is 0.894. The van der Waals surface area contributed by atoms with Crippen molar-refractivity contribution in [2.45, 2.75) is 39.5 Å². The van der Waals surface area contributed by atoms with E-state index >= 15 is 0 Å². The van der Waals surface area contributed by atoms with Crippen LogP contribution in [0.5, 0.6) is 0 Å². The van der Waals surface area contributed by atoms with E-state index in [1.165, 1.54) is 12.1 Å². The fraction of sp³-hybridized carbons (Fsp3) is 0.562. The lowest BCUT2D eigenvalue weighted by atomic mass is 9.76. The average molecular weight is 296 g/mol. The Morgan fingerprint density at radius 3 is 2.81 bits per heavy atom. The summed E-state index contributed by atoms with van der Waals surface area (Å²) in [5, 5.41) is 5.71. The molecule has 0 aliphatic carbocycles. The normalized spacial score (nSPS) is 22.1. The first-order chi connectivity index (χ1) is 10.00. The molecule has 1 aromatic rings. The van der Waals surface area contributed by atoms with Crippen LogP contribution in [-0.2, 0) is 4.79 Å². The van der Waals surface area contributed by atoms with E-state index in [0.717, 1.165) is 25.8 Å². The lowest BCUT2D eigenvalue weighted by molar-refractivity contribution is -0.127. The predicted octanol–water partition coefficient (Wildman–Crippen LogP) is 3.38. The second kappa shape index (κ2) is 6.52. The molecule has 1 unspecified atom stereocenters. The highest BCUT2D eigenvalue weighted by atomic mass is 19.1. The number of anilines is 1. The molecular weight excluding hydrogens is 274 g/mol. The summed E-state index contributed by atoms with van der Waals surface area (Å²) in [7, 11) is 0. The van der Waals surface area contributed by atoms with Crippen molar-refractivity contribution in [3.8, 4) is 0 Å². The summed E-state index contributed by atoms with van der Waals surface area (Å²) >= 11 is 0. The van der Waals surface area contributed by atoms with Gasteiger partial charge in [0.25, 0.3) is 0 Å². The molecule has 5 heteroatoms. The first-order valence-corrected chi connectivity index (χ1v) is 7.47. The van der Waals surface area contributed by atoms with Crippen LogP contribution in [0.4, 0.5) is 14.5 Å². The second-order valence-corrected chi connectivity index (χ2v) is 5.82. The number of benzene rings is 1. The Labute approximate surface area is 124 Å². The van der Waals surface area contributed by atoms with Gasteiger partial charge in [-0.1, -0.05) is 19.4 Å². The summed E-state index contributed by atoms with van der Waals surface area (Å²) in [5.74, 6) is -1.72. The van der Waals surface area contributed by atoms with E-state index in [1.807, 2.05) is 6.92 Å². The van der Waals surface area contributed by atoms with Crippen LogP contribution in [-0.4, -0.2) is 19.0 Å². The molecule has 1 saturated heterocycles. The van der Waals surface area contributed by atoms with Gasteiger partial charge in [-0.2, -0.15) is 0 Å². The van der Waals surface area contributed by atoms with Gasteiger partial charge >= 0.3 is 0 Å². The predicted molar refractivity (Wildman–Crippen MR) is 79.2 cm³/mol. The van der Waals surface area contributed by atoms with Crippen LogP contribution >= 0.6 is 0 Å². The summed E-state index contributed by atoms with van der Waals surface area (Å²) in [4.78, 5) is 12.6. The van der Waals surface area contributed by atoms with Gasteiger partial charge in [0.15, 0.2) is 5.82 Å². The molecule has 1 amide bonds. The van der Waals surface area contributed by atoms with Gasteiger partial charge in [-0.3, -0.25) is 4.79 Å². The van der Waals surface area contributed by atoms with E-state index in [2.05, 4.69) is 10.6 Å². The Morgan fingerprint density at radius 1 is 1.43 bits per heavy atom. The van der Waals surface area contributed by atoms with Gasteiger partial charge in [-0.25, -0.2) is 8.78 Å². The number of nitrogens with one attached hydrogen (secondary N) is 2. The first-order valence-electron chi connectivity index (χ1n) is 7.47. The molecule has 1 aromatic carbocycles. The lowest BCUT2D eigenvalue weighted by Crippen LogP contribution is -2.48. The van der Waals surface area contributed by atoms with Crippen molar-refractivity contribution in [2.24, 2.45) is 5.41 Å². The first kappa shape index (κ1) is 15.9. The number of carbonyl (C=O) groups excluding carboxylic acids is 1. The minimum Gasteiger partial charge on any atom is -0.321 e.